The Hall–Kier alpha value is -7.72. The highest BCUT2D eigenvalue weighted by molar-refractivity contribution is 7.22. The molecule has 10 aromatic rings. The monoisotopic (exact) mass is 1050 g/mol. The standard InChI is InChI=1S/C34H34N2OS.C19H14N2S.C15H22O2/c1-33(2,3)24-19-23(31(37)27(20-24)34(4,5)6)21-35-28-17-11-10-15-26(28)32-36-30-25(16-12-18-29(30)38-32)22-13-8-7-9-14-22;20-16-11-5-4-9-15(16)19-21-18-14(10-6-12-17(18)22-19)13-7-2-1-3-8-13;1-14(2,3)11-7-10(9-16)13(17)12(8-11)15(4,5)6/h7-21,37H,1-6H3;1-12H,20H2;7-9,17H,1-6H3. The molecule has 0 aliphatic heterocycles. The van der Waals surface area contributed by atoms with Crippen molar-refractivity contribution in [3.05, 3.63) is 203 Å². The minimum absolute atomic E-state index is 0.0362. The number of phenols is 2. The second-order valence-corrected chi connectivity index (χ2v) is 25.5. The lowest BCUT2D eigenvalue weighted by Gasteiger charge is -2.27. The van der Waals surface area contributed by atoms with Crippen molar-refractivity contribution < 1.29 is 15.0 Å². The van der Waals surface area contributed by atoms with Gasteiger partial charge in [-0.1, -0.05) is 204 Å². The fourth-order valence-corrected chi connectivity index (χ4v) is 11.0. The maximum Gasteiger partial charge on any atom is 0.153 e. The van der Waals surface area contributed by atoms with Crippen molar-refractivity contribution in [2.75, 3.05) is 5.73 Å². The molecule has 10 rings (SSSR count). The molecule has 0 aliphatic rings. The van der Waals surface area contributed by atoms with Gasteiger partial charge in [0.2, 0.25) is 0 Å². The first kappa shape index (κ1) is 55.5. The molecule has 8 aromatic carbocycles. The van der Waals surface area contributed by atoms with Gasteiger partial charge in [-0.3, -0.25) is 9.79 Å². The smallest absolute Gasteiger partial charge is 0.153 e. The Morgan fingerprint density at radius 3 is 1.31 bits per heavy atom. The van der Waals surface area contributed by atoms with E-state index >= 15 is 0 Å². The molecule has 9 heteroatoms. The van der Waals surface area contributed by atoms with Crippen LogP contribution in [0.2, 0.25) is 0 Å². The number of aromatic nitrogens is 2. The molecule has 392 valence electrons. The SMILES string of the molecule is CC(C)(C)c1cc(C=Nc2ccccc2-c2nc3c(-c4ccccc4)cccc3s2)c(O)c(C(C)(C)C)c1.CC(C)(C)c1cc(C=O)c(O)c(C(C)(C)C)c1.Nc1ccccc1-c1nc2c(-c3ccccc3)cccc2s1. The van der Waals surface area contributed by atoms with Gasteiger partial charge in [0.25, 0.3) is 0 Å². The second kappa shape index (κ2) is 22.5. The van der Waals surface area contributed by atoms with Crippen LogP contribution in [0.3, 0.4) is 0 Å². The number of carbonyl (C=O) groups excluding carboxylic acids is 1. The lowest BCUT2D eigenvalue weighted by atomic mass is 9.79. The third-order valence-corrected chi connectivity index (χ3v) is 15.5. The molecular formula is C68H70N4O3S2. The Bertz CT molecular complexity index is 3730. The molecule has 0 bridgehead atoms. The van der Waals surface area contributed by atoms with Crippen LogP contribution in [-0.2, 0) is 21.7 Å². The average Bonchev–Trinajstić information content (AvgIpc) is 4.09. The molecule has 2 aromatic heterocycles. The number of aldehydes is 1. The predicted octanol–water partition coefficient (Wildman–Crippen LogP) is 18.7. The van der Waals surface area contributed by atoms with E-state index in [2.05, 4.69) is 165 Å². The summed E-state index contributed by atoms with van der Waals surface area (Å²) in [6.45, 7) is 25.3. The number of thiazole rings is 2. The zero-order valence-corrected chi connectivity index (χ0v) is 48.0. The van der Waals surface area contributed by atoms with E-state index in [0.29, 0.717) is 11.3 Å². The number of nitrogens with zero attached hydrogens (tertiary/aromatic N) is 3. The topological polar surface area (TPSA) is 122 Å². The van der Waals surface area contributed by atoms with Gasteiger partial charge in [-0.25, -0.2) is 9.97 Å². The van der Waals surface area contributed by atoms with Gasteiger partial charge in [-0.2, -0.15) is 0 Å². The maximum absolute atomic E-state index is 11.2. The number of aliphatic imine (C=N–C) groups is 1. The first-order chi connectivity index (χ1) is 36.4. The molecule has 0 aliphatic carbocycles. The third kappa shape index (κ3) is 12.8. The van der Waals surface area contributed by atoms with E-state index < -0.39 is 0 Å². The van der Waals surface area contributed by atoms with Crippen LogP contribution >= 0.6 is 22.7 Å². The first-order valence-corrected chi connectivity index (χ1v) is 27.6. The lowest BCUT2D eigenvalue weighted by Crippen LogP contribution is -2.17. The van der Waals surface area contributed by atoms with Crippen LogP contribution in [0.4, 0.5) is 11.4 Å². The van der Waals surface area contributed by atoms with Gasteiger partial charge in [0.05, 0.1) is 31.7 Å². The normalized spacial score (nSPS) is 12.1. The molecule has 2 heterocycles. The van der Waals surface area contributed by atoms with Crippen molar-refractivity contribution in [1.82, 2.24) is 9.97 Å². The van der Waals surface area contributed by atoms with Crippen LogP contribution in [0.1, 0.15) is 121 Å². The van der Waals surface area contributed by atoms with E-state index in [1.54, 1.807) is 35.0 Å². The number of anilines is 1. The lowest BCUT2D eigenvalue weighted by molar-refractivity contribution is 0.112. The quantitative estimate of drug-likeness (QED) is 0.0830. The number of aromatic hydroxyl groups is 2. The summed E-state index contributed by atoms with van der Waals surface area (Å²) < 4.78 is 2.32. The summed E-state index contributed by atoms with van der Waals surface area (Å²) in [5.41, 5.74) is 21.0. The summed E-state index contributed by atoms with van der Waals surface area (Å²) in [5, 5.41) is 23.2. The van der Waals surface area contributed by atoms with Crippen LogP contribution < -0.4 is 5.73 Å². The highest BCUT2D eigenvalue weighted by Crippen LogP contribution is 2.42. The molecule has 4 N–H and O–H groups in total. The molecule has 7 nitrogen and oxygen atoms in total. The molecule has 0 saturated heterocycles. The molecule has 0 amide bonds. The average molecular weight is 1060 g/mol. The molecule has 0 spiro atoms. The zero-order valence-electron chi connectivity index (χ0n) is 46.4. The molecule has 0 saturated carbocycles. The van der Waals surface area contributed by atoms with Crippen molar-refractivity contribution in [3.8, 4) is 54.9 Å². The van der Waals surface area contributed by atoms with E-state index in [-0.39, 0.29) is 27.4 Å². The largest absolute Gasteiger partial charge is 0.507 e. The number of hydrogen-bond acceptors (Lipinski definition) is 9. The van der Waals surface area contributed by atoms with Crippen molar-refractivity contribution in [2.24, 2.45) is 4.99 Å². The third-order valence-electron chi connectivity index (χ3n) is 13.4. The molecular weight excluding hydrogens is 985 g/mol. The number of phenolic OH excluding ortho intramolecular Hbond substituents is 2. The number of para-hydroxylation sites is 4. The summed E-state index contributed by atoms with van der Waals surface area (Å²) >= 11 is 3.36. The Morgan fingerprint density at radius 2 is 0.857 bits per heavy atom. The summed E-state index contributed by atoms with van der Waals surface area (Å²) in [4.78, 5) is 25.9. The van der Waals surface area contributed by atoms with E-state index in [1.165, 1.54) is 15.8 Å². The maximum atomic E-state index is 11.2. The van der Waals surface area contributed by atoms with Crippen molar-refractivity contribution in [1.29, 1.82) is 0 Å². The zero-order chi connectivity index (χ0) is 55.5. The minimum Gasteiger partial charge on any atom is -0.507 e. The highest BCUT2D eigenvalue weighted by Gasteiger charge is 2.26. The predicted molar refractivity (Wildman–Crippen MR) is 329 cm³/mol. The molecule has 77 heavy (non-hydrogen) atoms. The van der Waals surface area contributed by atoms with E-state index in [4.69, 9.17) is 20.7 Å². The minimum atomic E-state index is -0.191. The van der Waals surface area contributed by atoms with Crippen molar-refractivity contribution in [2.45, 2.75) is 105 Å². The number of nitrogen functional groups attached to an aromatic ring is 1. The van der Waals surface area contributed by atoms with Crippen molar-refractivity contribution >= 4 is 67.0 Å². The number of fused-ring (bicyclic) bond motifs is 2. The number of hydrogen-bond donors (Lipinski definition) is 3. The first-order valence-electron chi connectivity index (χ1n) is 26.0. The van der Waals surface area contributed by atoms with Gasteiger partial charge in [0.15, 0.2) is 6.29 Å². The summed E-state index contributed by atoms with van der Waals surface area (Å²) in [5.74, 6) is 0.403. The van der Waals surface area contributed by atoms with Gasteiger partial charge in [0, 0.05) is 50.8 Å². The van der Waals surface area contributed by atoms with Crippen LogP contribution in [0.25, 0.3) is 63.8 Å². The molecule has 0 atom stereocenters. The molecule has 0 radical (unpaired) electrons. The van der Waals surface area contributed by atoms with Crippen LogP contribution in [-0.4, -0.2) is 32.7 Å². The van der Waals surface area contributed by atoms with Crippen LogP contribution in [0.5, 0.6) is 11.5 Å². The van der Waals surface area contributed by atoms with Crippen LogP contribution in [0.15, 0.2) is 175 Å². The van der Waals surface area contributed by atoms with E-state index in [1.807, 2.05) is 81.4 Å². The Morgan fingerprint density at radius 1 is 0.455 bits per heavy atom. The highest BCUT2D eigenvalue weighted by atomic mass is 32.1. The Labute approximate surface area is 462 Å². The van der Waals surface area contributed by atoms with Crippen molar-refractivity contribution in [3.63, 3.8) is 0 Å². The number of benzene rings is 8. The molecule has 0 fully saturated rings. The fraction of sp³-hybridized carbons (Fsp3) is 0.235. The van der Waals surface area contributed by atoms with Gasteiger partial charge >= 0.3 is 0 Å². The van der Waals surface area contributed by atoms with Gasteiger partial charge < -0.3 is 15.9 Å². The number of nitrogens with two attached hydrogens (primary N) is 1. The van der Waals surface area contributed by atoms with E-state index in [0.717, 1.165) is 93.5 Å². The summed E-state index contributed by atoms with van der Waals surface area (Å²) in [6, 6.07) is 57.3. The second-order valence-electron chi connectivity index (χ2n) is 23.5. The Kier molecular flexibility index (Phi) is 16.2. The van der Waals surface area contributed by atoms with Gasteiger partial charge in [-0.15, -0.1) is 22.7 Å². The van der Waals surface area contributed by atoms with Gasteiger partial charge in [-0.05, 0) is 92.4 Å². The number of rotatable bonds is 7. The number of carbonyl (C=O) groups is 1. The van der Waals surface area contributed by atoms with Crippen LogP contribution in [0, 0.1) is 0 Å². The molecule has 0 unspecified atom stereocenters. The fourth-order valence-electron chi connectivity index (χ4n) is 8.94. The Balaban J connectivity index is 0.000000169. The van der Waals surface area contributed by atoms with E-state index in [9.17, 15) is 15.0 Å². The van der Waals surface area contributed by atoms with Gasteiger partial charge in [0.1, 0.15) is 21.5 Å². The summed E-state index contributed by atoms with van der Waals surface area (Å²) in [6.07, 6.45) is 2.52. The summed E-state index contributed by atoms with van der Waals surface area (Å²) in [7, 11) is 0.